The molecule has 21 heavy (non-hydrogen) atoms. The summed E-state index contributed by atoms with van der Waals surface area (Å²) >= 11 is 9.40. The first-order valence-corrected chi connectivity index (χ1v) is 8.79. The van der Waals surface area contributed by atoms with Gasteiger partial charge >= 0.3 is 0 Å². The van der Waals surface area contributed by atoms with E-state index in [1.807, 2.05) is 6.07 Å². The van der Waals surface area contributed by atoms with E-state index in [0.717, 1.165) is 22.4 Å². The second-order valence-corrected chi connectivity index (χ2v) is 7.27. The average Bonchev–Trinajstić information content (AvgIpc) is 3.21. The Kier molecular flexibility index (Phi) is 4.75. The van der Waals surface area contributed by atoms with Crippen LogP contribution in [0.3, 0.4) is 0 Å². The first-order valence-electron chi connectivity index (χ1n) is 6.72. The van der Waals surface area contributed by atoms with Crippen LogP contribution in [0.2, 0.25) is 4.34 Å². The second-order valence-electron chi connectivity index (χ2n) is 4.55. The van der Waals surface area contributed by atoms with Crippen molar-refractivity contribution < 1.29 is 4.42 Å². The number of nitrogens with one attached hydrogen (secondary N) is 1. The Balaban J connectivity index is 1.76. The summed E-state index contributed by atoms with van der Waals surface area (Å²) in [6.45, 7) is 2.65. The summed E-state index contributed by atoms with van der Waals surface area (Å²) in [4.78, 5) is 6.75. The molecule has 0 saturated heterocycles. The quantitative estimate of drug-likeness (QED) is 0.695. The fraction of sp³-hybridized carbons (Fsp3) is 0.267. The number of hydrogen-bond donors (Lipinski definition) is 1. The lowest BCUT2D eigenvalue weighted by atomic mass is 10.2. The van der Waals surface area contributed by atoms with Crippen molar-refractivity contribution in [2.75, 3.05) is 0 Å². The molecule has 0 amide bonds. The van der Waals surface area contributed by atoms with Gasteiger partial charge in [0, 0.05) is 16.2 Å². The SMILES string of the molecule is CCc1cnc(CNC(c2cccs2)c2ccc(Cl)s2)o1. The van der Waals surface area contributed by atoms with Gasteiger partial charge < -0.3 is 4.42 Å². The molecular weight excluding hydrogens is 324 g/mol. The van der Waals surface area contributed by atoms with Crippen LogP contribution in [0.25, 0.3) is 0 Å². The largest absolute Gasteiger partial charge is 0.444 e. The third-order valence-electron chi connectivity index (χ3n) is 3.11. The zero-order valence-electron chi connectivity index (χ0n) is 11.5. The average molecular weight is 339 g/mol. The molecule has 0 spiro atoms. The Bertz CT molecular complexity index is 690. The lowest BCUT2D eigenvalue weighted by molar-refractivity contribution is 0.431. The van der Waals surface area contributed by atoms with E-state index < -0.39 is 0 Å². The summed E-state index contributed by atoms with van der Waals surface area (Å²) < 4.78 is 6.45. The van der Waals surface area contributed by atoms with Gasteiger partial charge in [-0.25, -0.2) is 4.98 Å². The van der Waals surface area contributed by atoms with E-state index >= 15 is 0 Å². The Morgan fingerprint density at radius 1 is 1.33 bits per heavy atom. The van der Waals surface area contributed by atoms with Gasteiger partial charge in [0.15, 0.2) is 0 Å². The van der Waals surface area contributed by atoms with Crippen molar-refractivity contribution >= 4 is 34.3 Å². The fourth-order valence-corrected chi connectivity index (χ4v) is 4.11. The molecule has 0 aliphatic heterocycles. The van der Waals surface area contributed by atoms with Crippen LogP contribution in [-0.2, 0) is 13.0 Å². The highest BCUT2D eigenvalue weighted by Crippen LogP contribution is 2.33. The predicted molar refractivity (Wildman–Crippen MR) is 88.2 cm³/mol. The summed E-state index contributed by atoms with van der Waals surface area (Å²) in [6, 6.07) is 8.31. The van der Waals surface area contributed by atoms with Gasteiger partial charge in [0.05, 0.1) is 23.1 Å². The van der Waals surface area contributed by atoms with Crippen molar-refractivity contribution in [3.63, 3.8) is 0 Å². The van der Waals surface area contributed by atoms with Crippen molar-refractivity contribution in [3.8, 4) is 0 Å². The molecule has 3 aromatic heterocycles. The zero-order valence-corrected chi connectivity index (χ0v) is 13.9. The van der Waals surface area contributed by atoms with E-state index in [2.05, 4.69) is 40.8 Å². The maximum Gasteiger partial charge on any atom is 0.208 e. The number of aryl methyl sites for hydroxylation is 1. The summed E-state index contributed by atoms with van der Waals surface area (Å²) in [7, 11) is 0. The van der Waals surface area contributed by atoms with Crippen LogP contribution in [0.1, 0.15) is 34.4 Å². The topological polar surface area (TPSA) is 38.1 Å². The van der Waals surface area contributed by atoms with Gasteiger partial charge in [-0.05, 0) is 23.6 Å². The number of thiophene rings is 2. The van der Waals surface area contributed by atoms with Gasteiger partial charge in [-0.3, -0.25) is 5.32 Å². The third kappa shape index (κ3) is 3.55. The summed E-state index contributed by atoms with van der Waals surface area (Å²) in [5.41, 5.74) is 0. The van der Waals surface area contributed by atoms with Gasteiger partial charge in [-0.1, -0.05) is 24.6 Å². The molecule has 3 nitrogen and oxygen atoms in total. The summed E-state index contributed by atoms with van der Waals surface area (Å²) in [5, 5.41) is 5.59. The summed E-state index contributed by atoms with van der Waals surface area (Å²) in [5.74, 6) is 1.63. The van der Waals surface area contributed by atoms with Crippen LogP contribution in [0, 0.1) is 0 Å². The van der Waals surface area contributed by atoms with Crippen molar-refractivity contribution in [1.29, 1.82) is 0 Å². The molecule has 3 aromatic rings. The molecule has 0 aliphatic rings. The second kappa shape index (κ2) is 6.75. The summed E-state index contributed by atoms with van der Waals surface area (Å²) in [6.07, 6.45) is 2.65. The van der Waals surface area contributed by atoms with E-state index in [9.17, 15) is 0 Å². The van der Waals surface area contributed by atoms with Crippen LogP contribution in [-0.4, -0.2) is 4.98 Å². The monoisotopic (exact) mass is 338 g/mol. The minimum atomic E-state index is 0.125. The maximum atomic E-state index is 6.07. The van der Waals surface area contributed by atoms with Gasteiger partial charge in [-0.2, -0.15) is 0 Å². The van der Waals surface area contributed by atoms with E-state index in [1.54, 1.807) is 28.9 Å². The molecule has 1 unspecified atom stereocenters. The van der Waals surface area contributed by atoms with Crippen LogP contribution in [0.5, 0.6) is 0 Å². The fourth-order valence-electron chi connectivity index (χ4n) is 2.06. The smallest absolute Gasteiger partial charge is 0.208 e. The molecule has 0 aliphatic carbocycles. The first kappa shape index (κ1) is 14.8. The number of halogens is 1. The van der Waals surface area contributed by atoms with Gasteiger partial charge in [0.1, 0.15) is 5.76 Å². The van der Waals surface area contributed by atoms with E-state index in [0.29, 0.717) is 6.54 Å². The Morgan fingerprint density at radius 3 is 2.86 bits per heavy atom. The number of aromatic nitrogens is 1. The van der Waals surface area contributed by atoms with Crippen LogP contribution in [0.4, 0.5) is 0 Å². The zero-order chi connectivity index (χ0) is 14.7. The van der Waals surface area contributed by atoms with Gasteiger partial charge in [-0.15, -0.1) is 22.7 Å². The number of rotatable bonds is 6. The molecule has 110 valence electrons. The molecule has 1 N–H and O–H groups in total. The highest BCUT2D eigenvalue weighted by molar-refractivity contribution is 7.16. The van der Waals surface area contributed by atoms with Crippen LogP contribution in [0.15, 0.2) is 40.3 Å². The number of oxazole rings is 1. The Morgan fingerprint density at radius 2 is 2.24 bits per heavy atom. The minimum Gasteiger partial charge on any atom is -0.444 e. The van der Waals surface area contributed by atoms with Crippen LogP contribution < -0.4 is 5.32 Å². The lowest BCUT2D eigenvalue weighted by Gasteiger charge is -2.14. The third-order valence-corrected chi connectivity index (χ3v) is 5.35. The molecule has 1 atom stereocenters. The van der Waals surface area contributed by atoms with E-state index in [1.165, 1.54) is 9.75 Å². The Hall–Kier alpha value is -1.14. The minimum absolute atomic E-state index is 0.125. The van der Waals surface area contributed by atoms with Crippen molar-refractivity contribution in [2.24, 2.45) is 0 Å². The molecule has 3 rings (SSSR count). The first-order chi connectivity index (χ1) is 10.3. The molecule has 0 saturated carbocycles. The maximum absolute atomic E-state index is 6.07. The molecule has 0 bridgehead atoms. The van der Waals surface area contributed by atoms with Crippen molar-refractivity contribution in [1.82, 2.24) is 10.3 Å². The van der Waals surface area contributed by atoms with E-state index in [-0.39, 0.29) is 6.04 Å². The Labute approximate surface area is 136 Å². The molecule has 0 aromatic carbocycles. The molecule has 0 radical (unpaired) electrons. The molecule has 6 heteroatoms. The highest BCUT2D eigenvalue weighted by Gasteiger charge is 2.17. The molecular formula is C15H15ClN2OS2. The molecule has 3 heterocycles. The van der Waals surface area contributed by atoms with Crippen LogP contribution >= 0.6 is 34.3 Å². The predicted octanol–water partition coefficient (Wildman–Crippen LogP) is 4.89. The van der Waals surface area contributed by atoms with Crippen molar-refractivity contribution in [2.45, 2.75) is 25.9 Å². The van der Waals surface area contributed by atoms with Gasteiger partial charge in [0.25, 0.3) is 0 Å². The standard InChI is InChI=1S/C15H15ClN2OS2/c1-2-10-8-17-14(19-10)9-18-15(11-4-3-7-20-11)12-5-6-13(16)21-12/h3-8,15,18H,2,9H2,1H3. The van der Waals surface area contributed by atoms with Gasteiger partial charge in [0.2, 0.25) is 5.89 Å². The highest BCUT2D eigenvalue weighted by atomic mass is 35.5. The molecule has 0 fully saturated rings. The normalized spacial score (nSPS) is 12.7. The van der Waals surface area contributed by atoms with E-state index in [4.69, 9.17) is 16.0 Å². The van der Waals surface area contributed by atoms with Crippen molar-refractivity contribution in [3.05, 3.63) is 61.6 Å². The number of nitrogens with zero attached hydrogens (tertiary/aromatic N) is 1. The lowest BCUT2D eigenvalue weighted by Crippen LogP contribution is -2.20. The number of hydrogen-bond acceptors (Lipinski definition) is 5.